The number of aryl methyl sites for hydroxylation is 1. The van der Waals surface area contributed by atoms with Crippen molar-refractivity contribution in [3.63, 3.8) is 0 Å². The van der Waals surface area contributed by atoms with E-state index >= 15 is 0 Å². The van der Waals surface area contributed by atoms with E-state index in [4.69, 9.17) is 4.74 Å². The fourth-order valence-electron chi connectivity index (χ4n) is 3.74. The van der Waals surface area contributed by atoms with Crippen molar-refractivity contribution < 1.29 is 19.4 Å². The molecule has 1 amide bonds. The number of hydrogen-bond acceptors (Lipinski definition) is 3. The number of amides is 1. The van der Waals surface area contributed by atoms with Gasteiger partial charge in [-0.05, 0) is 36.0 Å². The molecule has 1 aliphatic carbocycles. The van der Waals surface area contributed by atoms with Crippen LogP contribution in [0.1, 0.15) is 36.0 Å². The number of alkyl carbamates (subject to hydrolysis) is 1. The molecule has 5 heteroatoms. The van der Waals surface area contributed by atoms with E-state index in [2.05, 4.69) is 5.32 Å². The molecule has 0 bridgehead atoms. The average molecular weight is 353 g/mol. The summed E-state index contributed by atoms with van der Waals surface area (Å²) < 4.78 is 5.26. The third-order valence-corrected chi connectivity index (χ3v) is 4.96. The number of carbonyl (C=O) groups is 2. The van der Waals surface area contributed by atoms with Crippen LogP contribution in [0.25, 0.3) is 0 Å². The highest BCUT2D eigenvalue weighted by Gasteiger charge is 2.38. The quantitative estimate of drug-likeness (QED) is 0.831. The zero-order valence-corrected chi connectivity index (χ0v) is 14.6. The minimum atomic E-state index is -0.860. The molecule has 0 spiro atoms. The topological polar surface area (TPSA) is 75.6 Å². The first-order chi connectivity index (χ1) is 12.6. The van der Waals surface area contributed by atoms with E-state index in [-0.39, 0.29) is 19.6 Å². The van der Waals surface area contributed by atoms with Crippen molar-refractivity contribution in [2.45, 2.75) is 37.7 Å². The Hall–Kier alpha value is -2.82. The summed E-state index contributed by atoms with van der Waals surface area (Å²) in [6.07, 6.45) is 2.04. The molecule has 2 aromatic carbocycles. The van der Waals surface area contributed by atoms with Gasteiger partial charge in [-0.15, -0.1) is 0 Å². The monoisotopic (exact) mass is 353 g/mol. The Kier molecular flexibility index (Phi) is 5.56. The van der Waals surface area contributed by atoms with Crippen molar-refractivity contribution in [2.75, 3.05) is 6.54 Å². The summed E-state index contributed by atoms with van der Waals surface area (Å²) in [6, 6.07) is 17.4. The first-order valence-electron chi connectivity index (χ1n) is 8.84. The third-order valence-electron chi connectivity index (χ3n) is 4.96. The lowest BCUT2D eigenvalue weighted by Gasteiger charge is -2.38. The average Bonchev–Trinajstić information content (AvgIpc) is 2.65. The van der Waals surface area contributed by atoms with Crippen molar-refractivity contribution in [1.29, 1.82) is 0 Å². The van der Waals surface area contributed by atoms with E-state index < -0.39 is 17.5 Å². The molecule has 2 aromatic rings. The molecule has 0 radical (unpaired) electrons. The molecule has 0 fully saturated rings. The Morgan fingerprint density at radius 1 is 1.08 bits per heavy atom. The Morgan fingerprint density at radius 3 is 2.58 bits per heavy atom. The SMILES string of the molecule is O=C(O)CC1(CNC(=O)OCc2ccccc2)CCCc2ccccc21. The van der Waals surface area contributed by atoms with Gasteiger partial charge in [0.25, 0.3) is 0 Å². The predicted octanol–water partition coefficient (Wildman–Crippen LogP) is 3.66. The van der Waals surface area contributed by atoms with Crippen LogP contribution in [0.4, 0.5) is 4.79 Å². The summed E-state index contributed by atoms with van der Waals surface area (Å²) in [5.41, 5.74) is 2.51. The van der Waals surface area contributed by atoms with Crippen LogP contribution < -0.4 is 5.32 Å². The molecular formula is C21H23NO4. The number of carboxylic acids is 1. The van der Waals surface area contributed by atoms with Gasteiger partial charge in [0.05, 0.1) is 6.42 Å². The zero-order valence-electron chi connectivity index (χ0n) is 14.6. The van der Waals surface area contributed by atoms with Crippen molar-refractivity contribution in [1.82, 2.24) is 5.32 Å². The molecule has 0 aliphatic heterocycles. The van der Waals surface area contributed by atoms with E-state index in [1.54, 1.807) is 0 Å². The minimum Gasteiger partial charge on any atom is -0.481 e. The highest BCUT2D eigenvalue weighted by atomic mass is 16.5. The summed E-state index contributed by atoms with van der Waals surface area (Å²) >= 11 is 0. The number of fused-ring (bicyclic) bond motifs is 1. The van der Waals surface area contributed by atoms with Crippen LogP contribution in [0.5, 0.6) is 0 Å². The second-order valence-corrected chi connectivity index (χ2v) is 6.78. The van der Waals surface area contributed by atoms with Crippen molar-refractivity contribution in [3.8, 4) is 0 Å². The van der Waals surface area contributed by atoms with Crippen molar-refractivity contribution in [2.24, 2.45) is 0 Å². The normalized spacial score (nSPS) is 18.6. The molecular weight excluding hydrogens is 330 g/mol. The smallest absolute Gasteiger partial charge is 0.407 e. The van der Waals surface area contributed by atoms with Crippen molar-refractivity contribution in [3.05, 3.63) is 71.3 Å². The van der Waals surface area contributed by atoms with Crippen LogP contribution in [-0.2, 0) is 28.0 Å². The molecule has 136 valence electrons. The van der Waals surface area contributed by atoms with Crippen LogP contribution >= 0.6 is 0 Å². The Labute approximate surface area is 153 Å². The molecule has 0 aromatic heterocycles. The van der Waals surface area contributed by atoms with Crippen molar-refractivity contribution >= 4 is 12.1 Å². The molecule has 0 saturated carbocycles. The van der Waals surface area contributed by atoms with Gasteiger partial charge in [0.1, 0.15) is 6.61 Å². The number of carboxylic acid groups (broad SMARTS) is 1. The van der Waals surface area contributed by atoms with Gasteiger partial charge in [-0.1, -0.05) is 54.6 Å². The molecule has 1 unspecified atom stereocenters. The van der Waals surface area contributed by atoms with Gasteiger partial charge in [0.2, 0.25) is 0 Å². The summed E-state index contributed by atoms with van der Waals surface area (Å²) in [5.74, 6) is -0.860. The molecule has 2 N–H and O–H groups in total. The minimum absolute atomic E-state index is 0.0109. The first-order valence-corrected chi connectivity index (χ1v) is 8.84. The van der Waals surface area contributed by atoms with E-state index in [0.29, 0.717) is 0 Å². The fourth-order valence-corrected chi connectivity index (χ4v) is 3.74. The highest BCUT2D eigenvalue weighted by molar-refractivity contribution is 5.71. The Balaban J connectivity index is 1.68. The first kappa shape index (κ1) is 18.0. The third kappa shape index (κ3) is 4.23. The maximum Gasteiger partial charge on any atom is 0.407 e. The molecule has 0 saturated heterocycles. The molecule has 26 heavy (non-hydrogen) atoms. The maximum atomic E-state index is 12.1. The van der Waals surface area contributed by atoms with Crippen LogP contribution in [-0.4, -0.2) is 23.7 Å². The number of benzene rings is 2. The van der Waals surface area contributed by atoms with Crippen LogP contribution in [0.15, 0.2) is 54.6 Å². The number of hydrogen-bond donors (Lipinski definition) is 2. The number of ether oxygens (including phenoxy) is 1. The van der Waals surface area contributed by atoms with Gasteiger partial charge < -0.3 is 15.2 Å². The summed E-state index contributed by atoms with van der Waals surface area (Å²) in [7, 11) is 0. The molecule has 5 nitrogen and oxygen atoms in total. The second-order valence-electron chi connectivity index (χ2n) is 6.78. The molecule has 1 aliphatic rings. The Morgan fingerprint density at radius 2 is 1.81 bits per heavy atom. The van der Waals surface area contributed by atoms with Gasteiger partial charge in [-0.2, -0.15) is 0 Å². The largest absolute Gasteiger partial charge is 0.481 e. The van der Waals surface area contributed by atoms with E-state index in [1.165, 1.54) is 5.56 Å². The molecule has 0 heterocycles. The zero-order chi connectivity index (χ0) is 18.4. The van der Waals surface area contributed by atoms with E-state index in [0.717, 1.165) is 30.4 Å². The Bertz CT molecular complexity index is 775. The lowest BCUT2D eigenvalue weighted by molar-refractivity contribution is -0.138. The molecule has 3 rings (SSSR count). The lowest BCUT2D eigenvalue weighted by atomic mass is 9.68. The van der Waals surface area contributed by atoms with Crippen LogP contribution in [0.3, 0.4) is 0 Å². The van der Waals surface area contributed by atoms with E-state index in [1.807, 2.05) is 54.6 Å². The van der Waals surface area contributed by atoms with E-state index in [9.17, 15) is 14.7 Å². The molecule has 1 atom stereocenters. The number of nitrogens with one attached hydrogen (secondary N) is 1. The van der Waals surface area contributed by atoms with Gasteiger partial charge in [0.15, 0.2) is 0 Å². The summed E-state index contributed by atoms with van der Waals surface area (Å²) in [5, 5.41) is 12.2. The van der Waals surface area contributed by atoms with Gasteiger partial charge in [-0.25, -0.2) is 4.79 Å². The second kappa shape index (κ2) is 8.04. The summed E-state index contributed by atoms with van der Waals surface area (Å²) in [4.78, 5) is 23.6. The van der Waals surface area contributed by atoms with Gasteiger partial charge >= 0.3 is 12.1 Å². The van der Waals surface area contributed by atoms with Crippen LogP contribution in [0.2, 0.25) is 0 Å². The van der Waals surface area contributed by atoms with Gasteiger partial charge in [-0.3, -0.25) is 4.79 Å². The predicted molar refractivity (Wildman–Crippen MR) is 97.9 cm³/mol. The maximum absolute atomic E-state index is 12.1. The lowest BCUT2D eigenvalue weighted by Crippen LogP contribution is -2.44. The number of aliphatic carboxylic acids is 1. The number of carbonyl (C=O) groups excluding carboxylic acids is 1. The van der Waals surface area contributed by atoms with Crippen LogP contribution in [0, 0.1) is 0 Å². The number of rotatable bonds is 6. The van der Waals surface area contributed by atoms with Gasteiger partial charge in [0, 0.05) is 12.0 Å². The standard InChI is InChI=1S/C21H23NO4/c23-19(24)13-21(12-6-10-17-9-4-5-11-18(17)21)15-22-20(25)26-14-16-7-2-1-3-8-16/h1-5,7-9,11H,6,10,12-15H2,(H,22,25)(H,23,24). The summed E-state index contributed by atoms with van der Waals surface area (Å²) in [6.45, 7) is 0.444. The highest BCUT2D eigenvalue weighted by Crippen LogP contribution is 2.39. The fraction of sp³-hybridized carbons (Fsp3) is 0.333.